The van der Waals surface area contributed by atoms with E-state index in [1.165, 1.54) is 24.3 Å². The lowest BCUT2D eigenvalue weighted by Gasteiger charge is -2.32. The Hall–Kier alpha value is -2.88. The molecule has 30 heavy (non-hydrogen) atoms. The zero-order chi connectivity index (χ0) is 21.7. The first-order chi connectivity index (χ1) is 14.3. The van der Waals surface area contributed by atoms with E-state index in [9.17, 15) is 23.5 Å². The first kappa shape index (κ1) is 21.8. The molecule has 0 bridgehead atoms. The van der Waals surface area contributed by atoms with E-state index in [1.54, 1.807) is 0 Å². The summed E-state index contributed by atoms with van der Waals surface area (Å²) in [5.41, 5.74) is 2.42. The molecule has 1 heterocycles. The van der Waals surface area contributed by atoms with E-state index in [4.69, 9.17) is 0 Å². The first-order valence-corrected chi connectivity index (χ1v) is 9.53. The molecule has 0 radical (unpaired) electrons. The lowest BCUT2D eigenvalue weighted by atomic mass is 9.85. The Morgan fingerprint density at radius 2 is 1.37 bits per heavy atom. The molecule has 7 nitrogen and oxygen atoms in total. The van der Waals surface area contributed by atoms with E-state index in [1.807, 2.05) is 11.9 Å². The maximum Gasteiger partial charge on any atom is 0.279 e. The Morgan fingerprint density at radius 1 is 0.900 bits per heavy atom. The summed E-state index contributed by atoms with van der Waals surface area (Å²) in [7, 11) is 2.00. The van der Waals surface area contributed by atoms with Crippen LogP contribution in [0.4, 0.5) is 8.78 Å². The van der Waals surface area contributed by atoms with Gasteiger partial charge >= 0.3 is 0 Å². The highest BCUT2D eigenvalue weighted by Gasteiger charge is 2.40. The van der Waals surface area contributed by atoms with Crippen molar-refractivity contribution < 1.29 is 23.5 Å². The number of likely N-dealkylation sites (N-methyl/N-ethyl adjacent to an activating group) is 1. The van der Waals surface area contributed by atoms with Gasteiger partial charge in [0, 0.05) is 26.2 Å². The van der Waals surface area contributed by atoms with Gasteiger partial charge in [0.1, 0.15) is 11.6 Å². The number of piperazine rings is 1. The Morgan fingerprint density at radius 3 is 1.83 bits per heavy atom. The number of halogens is 2. The number of nitrogens with one attached hydrogen (secondary N) is 2. The fourth-order valence-electron chi connectivity index (χ4n) is 3.28. The van der Waals surface area contributed by atoms with Crippen molar-refractivity contribution in [3.05, 3.63) is 71.3 Å². The van der Waals surface area contributed by atoms with Crippen molar-refractivity contribution in [3.63, 3.8) is 0 Å². The van der Waals surface area contributed by atoms with Gasteiger partial charge in [-0.1, -0.05) is 24.3 Å². The topological polar surface area (TPSA) is 84.9 Å². The average Bonchev–Trinajstić information content (AvgIpc) is 2.74. The van der Waals surface area contributed by atoms with Crippen LogP contribution < -0.4 is 10.9 Å². The molecule has 2 amide bonds. The molecule has 2 aromatic rings. The summed E-state index contributed by atoms with van der Waals surface area (Å²) in [5, 5.41) is 11.2. The van der Waals surface area contributed by atoms with Gasteiger partial charge in [0.25, 0.3) is 11.8 Å². The Balaban J connectivity index is 1.73. The van der Waals surface area contributed by atoms with Crippen molar-refractivity contribution in [3.8, 4) is 0 Å². The van der Waals surface area contributed by atoms with Crippen molar-refractivity contribution in [2.45, 2.75) is 5.60 Å². The minimum Gasteiger partial charge on any atom is -0.372 e. The van der Waals surface area contributed by atoms with Gasteiger partial charge in [-0.15, -0.1) is 0 Å². The number of aliphatic hydroxyl groups is 1. The smallest absolute Gasteiger partial charge is 0.279 e. The van der Waals surface area contributed by atoms with Crippen LogP contribution in [0.3, 0.4) is 0 Å². The molecule has 0 spiro atoms. The zero-order valence-electron chi connectivity index (χ0n) is 16.6. The summed E-state index contributed by atoms with van der Waals surface area (Å²) in [5.74, 6) is -2.47. The number of benzene rings is 2. The molecule has 0 atom stereocenters. The van der Waals surface area contributed by atoms with Gasteiger partial charge in [0.05, 0.1) is 6.54 Å². The third-order valence-corrected chi connectivity index (χ3v) is 5.13. The highest BCUT2D eigenvalue weighted by molar-refractivity contribution is 5.91. The molecule has 1 aliphatic rings. The van der Waals surface area contributed by atoms with Crippen LogP contribution in [-0.2, 0) is 15.2 Å². The third-order valence-electron chi connectivity index (χ3n) is 5.13. The van der Waals surface area contributed by atoms with E-state index in [2.05, 4.69) is 15.8 Å². The summed E-state index contributed by atoms with van der Waals surface area (Å²) < 4.78 is 26.7. The van der Waals surface area contributed by atoms with E-state index in [0.29, 0.717) is 0 Å². The average molecular weight is 418 g/mol. The molecule has 2 aromatic carbocycles. The van der Waals surface area contributed by atoms with Gasteiger partial charge in [0.15, 0.2) is 5.60 Å². The molecule has 3 rings (SSSR count). The molecular weight excluding hydrogens is 394 g/mol. The van der Waals surface area contributed by atoms with Crippen molar-refractivity contribution in [1.29, 1.82) is 0 Å². The fraction of sp³-hybridized carbons (Fsp3) is 0.333. The van der Waals surface area contributed by atoms with Crippen molar-refractivity contribution in [2.24, 2.45) is 0 Å². The second-order valence-corrected chi connectivity index (χ2v) is 7.31. The molecule has 9 heteroatoms. The van der Waals surface area contributed by atoms with Gasteiger partial charge in [-0.3, -0.25) is 25.3 Å². The van der Waals surface area contributed by atoms with Gasteiger partial charge < -0.3 is 10.0 Å². The zero-order valence-corrected chi connectivity index (χ0v) is 16.6. The quantitative estimate of drug-likeness (QED) is 0.620. The number of rotatable bonds is 5. The predicted molar refractivity (Wildman–Crippen MR) is 106 cm³/mol. The highest BCUT2D eigenvalue weighted by Crippen LogP contribution is 2.30. The normalized spacial score (nSPS) is 15.6. The number of hydrogen-bond acceptors (Lipinski definition) is 5. The maximum absolute atomic E-state index is 13.3. The van der Waals surface area contributed by atoms with E-state index in [0.717, 1.165) is 50.4 Å². The summed E-state index contributed by atoms with van der Waals surface area (Å²) >= 11 is 0. The first-order valence-electron chi connectivity index (χ1n) is 9.53. The second-order valence-electron chi connectivity index (χ2n) is 7.31. The number of amides is 2. The Kier molecular flexibility index (Phi) is 6.76. The molecule has 0 aliphatic carbocycles. The van der Waals surface area contributed by atoms with E-state index >= 15 is 0 Å². The molecule has 0 unspecified atom stereocenters. The van der Waals surface area contributed by atoms with Crippen LogP contribution in [0.15, 0.2) is 48.5 Å². The SMILES string of the molecule is CN1CCN(CC(=O)NNC(=O)C(O)(c2ccc(F)cc2)c2ccc(F)cc2)CC1. The largest absolute Gasteiger partial charge is 0.372 e. The van der Waals surface area contributed by atoms with Gasteiger partial charge in [0.2, 0.25) is 0 Å². The number of carbonyl (C=O) groups excluding carboxylic acids is 2. The monoisotopic (exact) mass is 418 g/mol. The summed E-state index contributed by atoms with van der Waals surface area (Å²) in [6.07, 6.45) is 0. The van der Waals surface area contributed by atoms with Gasteiger partial charge in [-0.2, -0.15) is 0 Å². The van der Waals surface area contributed by atoms with Crippen molar-refractivity contribution in [2.75, 3.05) is 39.8 Å². The Bertz CT molecular complexity index is 837. The van der Waals surface area contributed by atoms with Crippen LogP contribution in [0.5, 0.6) is 0 Å². The number of hydrogen-bond donors (Lipinski definition) is 3. The lowest BCUT2D eigenvalue weighted by molar-refractivity contribution is -0.140. The predicted octanol–water partition coefficient (Wildman–Crippen LogP) is 0.596. The highest BCUT2D eigenvalue weighted by atomic mass is 19.1. The summed E-state index contributed by atoms with van der Waals surface area (Å²) in [6.45, 7) is 3.24. The summed E-state index contributed by atoms with van der Waals surface area (Å²) in [4.78, 5) is 29.2. The van der Waals surface area contributed by atoms with Crippen LogP contribution in [0.2, 0.25) is 0 Å². The van der Waals surface area contributed by atoms with Gasteiger partial charge in [-0.25, -0.2) is 8.78 Å². The fourth-order valence-corrected chi connectivity index (χ4v) is 3.28. The summed E-state index contributed by atoms with van der Waals surface area (Å²) in [6, 6.07) is 9.42. The number of nitrogens with zero attached hydrogens (tertiary/aromatic N) is 2. The minimum absolute atomic E-state index is 0.0707. The second kappa shape index (κ2) is 9.29. The molecule has 0 saturated carbocycles. The van der Waals surface area contributed by atoms with Crippen LogP contribution in [0.25, 0.3) is 0 Å². The molecule has 160 valence electrons. The van der Waals surface area contributed by atoms with Crippen LogP contribution in [-0.4, -0.2) is 66.5 Å². The lowest BCUT2D eigenvalue weighted by Crippen LogP contribution is -2.55. The van der Waals surface area contributed by atoms with Crippen molar-refractivity contribution in [1.82, 2.24) is 20.7 Å². The minimum atomic E-state index is -2.26. The van der Waals surface area contributed by atoms with Crippen LogP contribution in [0, 0.1) is 11.6 Å². The van der Waals surface area contributed by atoms with Crippen LogP contribution in [0.1, 0.15) is 11.1 Å². The third kappa shape index (κ3) is 4.99. The van der Waals surface area contributed by atoms with E-state index in [-0.39, 0.29) is 17.7 Å². The Labute approximate surface area is 173 Å². The molecule has 0 aromatic heterocycles. The molecule has 1 aliphatic heterocycles. The number of hydrazine groups is 1. The standard InChI is InChI=1S/C21H24F2N4O3/c1-26-10-12-27(13-11-26)14-19(28)24-25-20(29)21(30,15-2-6-17(22)7-3-15)16-4-8-18(23)9-5-16/h2-9,30H,10-14H2,1H3,(H,24,28)(H,25,29). The van der Waals surface area contributed by atoms with Crippen molar-refractivity contribution >= 4 is 11.8 Å². The van der Waals surface area contributed by atoms with Crippen LogP contribution >= 0.6 is 0 Å². The number of carbonyl (C=O) groups is 2. The molecule has 1 saturated heterocycles. The molecular formula is C21H24F2N4O3. The maximum atomic E-state index is 13.3. The van der Waals surface area contributed by atoms with Gasteiger partial charge in [-0.05, 0) is 42.4 Å². The van der Waals surface area contributed by atoms with E-state index < -0.39 is 29.0 Å². The molecule has 3 N–H and O–H groups in total. The molecule has 1 fully saturated rings.